The topological polar surface area (TPSA) is 63.6 Å². The summed E-state index contributed by atoms with van der Waals surface area (Å²) in [4.78, 5) is 0.333. The molecule has 0 unspecified atom stereocenters. The molecule has 19 heavy (non-hydrogen) atoms. The molecule has 0 atom stereocenters. The summed E-state index contributed by atoms with van der Waals surface area (Å²) in [7, 11) is 3.46. The van der Waals surface area contributed by atoms with Crippen molar-refractivity contribution in [1.82, 2.24) is 14.2 Å². The molecule has 0 aromatic carbocycles. The number of sulfonamides is 1. The van der Waals surface area contributed by atoms with Gasteiger partial charge < -0.3 is 14.6 Å². The molecule has 0 fully saturated rings. The highest BCUT2D eigenvalue weighted by molar-refractivity contribution is 7.89. The zero-order valence-electron chi connectivity index (χ0n) is 12.0. The van der Waals surface area contributed by atoms with E-state index in [0.29, 0.717) is 31.0 Å². The minimum Gasteiger partial charge on any atom is -0.385 e. The van der Waals surface area contributed by atoms with Crippen molar-refractivity contribution in [2.75, 3.05) is 34.4 Å². The van der Waals surface area contributed by atoms with Crippen molar-refractivity contribution in [3.63, 3.8) is 0 Å². The van der Waals surface area contributed by atoms with Gasteiger partial charge in [-0.2, -0.15) is 0 Å². The molecule has 0 saturated carbocycles. The van der Waals surface area contributed by atoms with Crippen LogP contribution < -0.4 is 5.32 Å². The van der Waals surface area contributed by atoms with Crippen LogP contribution >= 0.6 is 0 Å². The molecule has 0 saturated heterocycles. The molecule has 0 bridgehead atoms. The Hall–Kier alpha value is -0.890. The number of aromatic nitrogens is 1. The highest BCUT2D eigenvalue weighted by atomic mass is 32.2. The van der Waals surface area contributed by atoms with Crippen molar-refractivity contribution in [3.05, 3.63) is 18.0 Å². The standard InChI is InChI=1S/C12H23N3O3S/c1-13-9-11-8-12(10-14(11)2)19(16,17)15(3)6-5-7-18-4/h8,10,13H,5-7,9H2,1-4H3. The zero-order valence-corrected chi connectivity index (χ0v) is 12.8. The molecule has 1 heterocycles. The third-order valence-electron chi connectivity index (χ3n) is 2.97. The lowest BCUT2D eigenvalue weighted by Gasteiger charge is -2.15. The number of ether oxygens (including phenoxy) is 1. The molecule has 0 amide bonds. The first-order valence-corrected chi connectivity index (χ1v) is 7.62. The molecule has 7 heteroatoms. The third kappa shape index (κ3) is 4.04. The molecule has 0 aliphatic heterocycles. The van der Waals surface area contributed by atoms with Gasteiger partial charge in [0.15, 0.2) is 0 Å². The Morgan fingerprint density at radius 3 is 2.74 bits per heavy atom. The van der Waals surface area contributed by atoms with E-state index < -0.39 is 10.0 Å². The van der Waals surface area contributed by atoms with Crippen LogP contribution in [0.2, 0.25) is 0 Å². The van der Waals surface area contributed by atoms with Gasteiger partial charge in [-0.15, -0.1) is 0 Å². The van der Waals surface area contributed by atoms with Crippen molar-refractivity contribution in [3.8, 4) is 0 Å². The molecule has 1 aromatic heterocycles. The molecule has 1 N–H and O–H groups in total. The predicted octanol–water partition coefficient (Wildman–Crippen LogP) is 0.402. The fourth-order valence-electron chi connectivity index (χ4n) is 1.81. The van der Waals surface area contributed by atoms with Crippen LogP contribution in [0.3, 0.4) is 0 Å². The van der Waals surface area contributed by atoms with Gasteiger partial charge in [0.25, 0.3) is 0 Å². The number of methoxy groups -OCH3 is 1. The fraction of sp³-hybridized carbons (Fsp3) is 0.667. The lowest BCUT2D eigenvalue weighted by Crippen LogP contribution is -2.28. The van der Waals surface area contributed by atoms with Crippen molar-refractivity contribution >= 4 is 10.0 Å². The SMILES string of the molecule is CNCc1cc(S(=O)(=O)N(C)CCCOC)cn1C. The molecule has 0 radical (unpaired) electrons. The first-order valence-electron chi connectivity index (χ1n) is 6.18. The van der Waals surface area contributed by atoms with Gasteiger partial charge in [0, 0.05) is 52.8 Å². The smallest absolute Gasteiger partial charge is 0.244 e. The van der Waals surface area contributed by atoms with Crippen molar-refractivity contribution in [1.29, 1.82) is 0 Å². The number of aryl methyl sites for hydroxylation is 1. The summed E-state index contributed by atoms with van der Waals surface area (Å²) < 4.78 is 32.8. The number of rotatable bonds is 8. The van der Waals surface area contributed by atoms with E-state index in [4.69, 9.17) is 4.74 Å². The van der Waals surface area contributed by atoms with Gasteiger partial charge in [-0.25, -0.2) is 12.7 Å². The van der Waals surface area contributed by atoms with E-state index in [-0.39, 0.29) is 0 Å². The minimum atomic E-state index is -3.41. The zero-order chi connectivity index (χ0) is 14.5. The second-order valence-electron chi connectivity index (χ2n) is 4.48. The van der Waals surface area contributed by atoms with Crippen LogP contribution in [0.4, 0.5) is 0 Å². The van der Waals surface area contributed by atoms with E-state index in [2.05, 4.69) is 5.32 Å². The van der Waals surface area contributed by atoms with Gasteiger partial charge in [-0.3, -0.25) is 0 Å². The quantitative estimate of drug-likeness (QED) is 0.704. The Balaban J connectivity index is 2.84. The van der Waals surface area contributed by atoms with Gasteiger partial charge in [-0.1, -0.05) is 0 Å². The maximum Gasteiger partial charge on any atom is 0.244 e. The first kappa shape index (κ1) is 16.2. The van der Waals surface area contributed by atoms with Crippen LogP contribution in [0, 0.1) is 0 Å². The number of nitrogens with zero attached hydrogens (tertiary/aromatic N) is 2. The molecule has 0 spiro atoms. The van der Waals surface area contributed by atoms with Gasteiger partial charge in [0.2, 0.25) is 10.0 Å². The summed E-state index contributed by atoms with van der Waals surface area (Å²) in [6.45, 7) is 1.64. The van der Waals surface area contributed by atoms with Crippen LogP contribution in [0.25, 0.3) is 0 Å². The highest BCUT2D eigenvalue weighted by Gasteiger charge is 2.22. The van der Waals surface area contributed by atoms with Gasteiger partial charge in [-0.05, 0) is 19.5 Å². The van der Waals surface area contributed by atoms with E-state index in [1.54, 1.807) is 26.4 Å². The number of hydrogen-bond donors (Lipinski definition) is 1. The maximum atomic E-state index is 12.3. The number of nitrogens with one attached hydrogen (secondary N) is 1. The van der Waals surface area contributed by atoms with Crippen molar-refractivity contribution in [2.24, 2.45) is 7.05 Å². The largest absolute Gasteiger partial charge is 0.385 e. The Bertz CT molecular complexity index is 496. The van der Waals surface area contributed by atoms with Crippen LogP contribution in [0.1, 0.15) is 12.1 Å². The van der Waals surface area contributed by atoms with Crippen LogP contribution in [0.15, 0.2) is 17.2 Å². The van der Waals surface area contributed by atoms with E-state index in [9.17, 15) is 8.42 Å². The fourth-order valence-corrected chi connectivity index (χ4v) is 3.11. The van der Waals surface area contributed by atoms with Gasteiger partial charge >= 0.3 is 0 Å². The normalized spacial score (nSPS) is 12.3. The molecule has 1 aromatic rings. The summed E-state index contributed by atoms with van der Waals surface area (Å²) in [5.41, 5.74) is 0.936. The Labute approximate surface area is 115 Å². The maximum absolute atomic E-state index is 12.3. The van der Waals surface area contributed by atoms with E-state index >= 15 is 0 Å². The van der Waals surface area contributed by atoms with Crippen LogP contribution in [-0.2, 0) is 28.4 Å². The highest BCUT2D eigenvalue weighted by Crippen LogP contribution is 2.17. The van der Waals surface area contributed by atoms with Gasteiger partial charge in [0.05, 0.1) is 0 Å². The summed E-state index contributed by atoms with van der Waals surface area (Å²) in [6.07, 6.45) is 2.33. The van der Waals surface area contributed by atoms with E-state index in [1.165, 1.54) is 4.31 Å². The van der Waals surface area contributed by atoms with Crippen LogP contribution in [-0.4, -0.2) is 51.6 Å². The molecular weight excluding hydrogens is 266 g/mol. The average Bonchev–Trinajstić information content (AvgIpc) is 2.72. The van der Waals surface area contributed by atoms with E-state index in [0.717, 1.165) is 5.69 Å². The first-order chi connectivity index (χ1) is 8.93. The molecular formula is C12H23N3O3S. The van der Waals surface area contributed by atoms with Crippen molar-refractivity contribution < 1.29 is 13.2 Å². The Kier molecular flexibility index (Phi) is 5.99. The summed E-state index contributed by atoms with van der Waals surface area (Å²) in [6, 6.07) is 1.71. The number of hydrogen-bond acceptors (Lipinski definition) is 4. The predicted molar refractivity (Wildman–Crippen MR) is 74.5 cm³/mol. The molecule has 6 nitrogen and oxygen atoms in total. The molecule has 0 aliphatic rings. The summed E-state index contributed by atoms with van der Waals surface area (Å²) in [5.74, 6) is 0. The monoisotopic (exact) mass is 289 g/mol. The van der Waals surface area contributed by atoms with Crippen molar-refractivity contribution in [2.45, 2.75) is 17.9 Å². The Morgan fingerprint density at radius 2 is 2.16 bits per heavy atom. The molecule has 1 rings (SSSR count). The Morgan fingerprint density at radius 1 is 1.47 bits per heavy atom. The summed E-state index contributed by atoms with van der Waals surface area (Å²) in [5, 5.41) is 3.01. The van der Waals surface area contributed by atoms with E-state index in [1.807, 2.05) is 18.7 Å². The minimum absolute atomic E-state index is 0.333. The lowest BCUT2D eigenvalue weighted by atomic mass is 10.4. The van der Waals surface area contributed by atoms with Gasteiger partial charge in [0.1, 0.15) is 4.90 Å². The third-order valence-corrected chi connectivity index (χ3v) is 4.79. The van der Waals surface area contributed by atoms with Crippen LogP contribution in [0.5, 0.6) is 0 Å². The summed E-state index contributed by atoms with van der Waals surface area (Å²) >= 11 is 0. The molecule has 110 valence electrons. The molecule has 0 aliphatic carbocycles. The second-order valence-corrected chi connectivity index (χ2v) is 6.53. The lowest BCUT2D eigenvalue weighted by molar-refractivity contribution is 0.189. The second kappa shape index (κ2) is 7.04. The average molecular weight is 289 g/mol.